The Morgan fingerprint density at radius 2 is 0.793 bits per heavy atom. The molecule has 6 nitrogen and oxygen atoms in total. The molecule has 272 valence electrons. The van der Waals surface area contributed by atoms with Gasteiger partial charge in [-0.05, 0) is 75.8 Å². The van der Waals surface area contributed by atoms with Crippen LogP contribution in [0.15, 0.2) is 206 Å². The molecule has 11 rings (SSSR count). The highest BCUT2D eigenvalue weighted by Gasteiger charge is 2.20. The van der Waals surface area contributed by atoms with Crippen molar-refractivity contribution >= 4 is 27.8 Å². The summed E-state index contributed by atoms with van der Waals surface area (Å²) in [4.78, 5) is 20.3. The average molecular weight is 743 g/mol. The summed E-state index contributed by atoms with van der Waals surface area (Å²) >= 11 is 0. The van der Waals surface area contributed by atoms with Gasteiger partial charge in [0.25, 0.3) is 0 Å². The van der Waals surface area contributed by atoms with Gasteiger partial charge >= 0.3 is 0 Å². The van der Waals surface area contributed by atoms with Crippen LogP contribution in [0.2, 0.25) is 0 Å². The Kier molecular flexibility index (Phi) is 8.04. The molecule has 0 N–H and O–H groups in total. The van der Waals surface area contributed by atoms with Gasteiger partial charge in [0.1, 0.15) is 0 Å². The fourth-order valence-electron chi connectivity index (χ4n) is 7.99. The second-order valence-electron chi connectivity index (χ2n) is 14.4. The van der Waals surface area contributed by atoms with E-state index in [1.165, 1.54) is 5.56 Å². The SMILES string of the molecule is c1ccc(-c2ccc3nc4n(-c5ccccc5)c5ccc(-c6ccc(-c7nc(-c8ccccc8)nc(-c8ccccc8)n7)cc6-c6ccccc6)cc5n4c3c2)cc1. The van der Waals surface area contributed by atoms with E-state index in [0.717, 1.165) is 78.0 Å². The largest absolute Gasteiger partial charge is 0.278 e. The fraction of sp³-hybridized carbons (Fsp3) is 0. The minimum absolute atomic E-state index is 0.618. The minimum Gasteiger partial charge on any atom is -0.278 e. The van der Waals surface area contributed by atoms with Gasteiger partial charge in [-0.1, -0.05) is 164 Å². The Labute approximate surface area is 335 Å². The summed E-state index contributed by atoms with van der Waals surface area (Å²) in [5.41, 5.74) is 14.7. The first kappa shape index (κ1) is 33.4. The van der Waals surface area contributed by atoms with Crippen molar-refractivity contribution in [3.8, 4) is 73.2 Å². The molecular weight excluding hydrogens is 709 g/mol. The smallest absolute Gasteiger partial charge is 0.220 e. The molecule has 0 spiro atoms. The van der Waals surface area contributed by atoms with E-state index in [0.29, 0.717) is 17.5 Å². The van der Waals surface area contributed by atoms with Gasteiger partial charge in [-0.3, -0.25) is 8.97 Å². The van der Waals surface area contributed by atoms with Gasteiger partial charge in [-0.2, -0.15) is 0 Å². The van der Waals surface area contributed by atoms with Crippen molar-refractivity contribution < 1.29 is 0 Å². The third-order valence-electron chi connectivity index (χ3n) is 10.8. The van der Waals surface area contributed by atoms with E-state index in [1.807, 2.05) is 60.7 Å². The predicted octanol–water partition coefficient (Wildman–Crippen LogP) is 12.6. The second-order valence-corrected chi connectivity index (χ2v) is 14.4. The van der Waals surface area contributed by atoms with Crippen molar-refractivity contribution in [3.05, 3.63) is 206 Å². The highest BCUT2D eigenvalue weighted by Crippen LogP contribution is 2.39. The molecule has 0 saturated heterocycles. The molecule has 0 saturated carbocycles. The molecule has 0 atom stereocenters. The number of hydrogen-bond acceptors (Lipinski definition) is 4. The number of rotatable bonds is 7. The number of para-hydroxylation sites is 1. The van der Waals surface area contributed by atoms with Gasteiger partial charge in [0.05, 0.1) is 22.1 Å². The zero-order chi connectivity index (χ0) is 38.4. The quantitative estimate of drug-likeness (QED) is 0.163. The topological polar surface area (TPSA) is 60.9 Å². The first-order valence-corrected chi connectivity index (χ1v) is 19.4. The second kappa shape index (κ2) is 14.0. The monoisotopic (exact) mass is 742 g/mol. The Morgan fingerprint density at radius 1 is 0.293 bits per heavy atom. The molecular formula is C52H34N6. The normalized spacial score (nSPS) is 11.4. The molecule has 3 aromatic heterocycles. The summed E-state index contributed by atoms with van der Waals surface area (Å²) in [5.74, 6) is 2.76. The summed E-state index contributed by atoms with van der Waals surface area (Å²) in [5, 5.41) is 0. The Morgan fingerprint density at radius 3 is 1.41 bits per heavy atom. The predicted molar refractivity (Wildman–Crippen MR) is 236 cm³/mol. The highest BCUT2D eigenvalue weighted by molar-refractivity contribution is 5.97. The minimum atomic E-state index is 0.618. The summed E-state index contributed by atoms with van der Waals surface area (Å²) in [6.07, 6.45) is 0. The summed E-state index contributed by atoms with van der Waals surface area (Å²) in [6, 6.07) is 71.7. The van der Waals surface area contributed by atoms with E-state index in [9.17, 15) is 0 Å². The summed E-state index contributed by atoms with van der Waals surface area (Å²) in [6.45, 7) is 0. The Balaban J connectivity index is 1.13. The number of imidazole rings is 2. The highest BCUT2D eigenvalue weighted by atomic mass is 15.2. The van der Waals surface area contributed by atoms with Crippen molar-refractivity contribution in [2.75, 3.05) is 0 Å². The van der Waals surface area contributed by atoms with Crippen LogP contribution in [0.1, 0.15) is 0 Å². The van der Waals surface area contributed by atoms with E-state index in [4.69, 9.17) is 19.9 Å². The number of nitrogens with zero attached hydrogens (tertiary/aromatic N) is 6. The van der Waals surface area contributed by atoms with Crippen molar-refractivity contribution in [1.82, 2.24) is 28.9 Å². The van der Waals surface area contributed by atoms with Crippen molar-refractivity contribution in [1.29, 1.82) is 0 Å². The number of fused-ring (bicyclic) bond motifs is 5. The maximum atomic E-state index is 5.24. The van der Waals surface area contributed by atoms with E-state index in [-0.39, 0.29) is 0 Å². The third-order valence-corrected chi connectivity index (χ3v) is 10.8. The van der Waals surface area contributed by atoms with Gasteiger partial charge in [-0.25, -0.2) is 19.9 Å². The van der Waals surface area contributed by atoms with Crippen LogP contribution in [0.25, 0.3) is 101 Å². The van der Waals surface area contributed by atoms with Crippen molar-refractivity contribution in [2.24, 2.45) is 0 Å². The van der Waals surface area contributed by atoms with Crippen LogP contribution >= 0.6 is 0 Å². The van der Waals surface area contributed by atoms with Crippen LogP contribution in [0, 0.1) is 0 Å². The maximum Gasteiger partial charge on any atom is 0.220 e. The van der Waals surface area contributed by atoms with Crippen LogP contribution in [-0.4, -0.2) is 28.9 Å². The number of aromatic nitrogens is 6. The molecule has 0 aliphatic rings. The number of hydrogen-bond donors (Lipinski definition) is 0. The van der Waals surface area contributed by atoms with Crippen molar-refractivity contribution in [3.63, 3.8) is 0 Å². The Bertz CT molecular complexity index is 3190. The van der Waals surface area contributed by atoms with Crippen LogP contribution in [0.4, 0.5) is 0 Å². The molecule has 11 aromatic rings. The summed E-state index contributed by atoms with van der Waals surface area (Å²) < 4.78 is 4.57. The van der Waals surface area contributed by atoms with Crippen LogP contribution in [0.3, 0.4) is 0 Å². The molecule has 8 aromatic carbocycles. The maximum absolute atomic E-state index is 5.24. The zero-order valence-corrected chi connectivity index (χ0v) is 31.3. The van der Waals surface area contributed by atoms with Crippen LogP contribution < -0.4 is 0 Å². The first-order valence-electron chi connectivity index (χ1n) is 19.4. The van der Waals surface area contributed by atoms with E-state index < -0.39 is 0 Å². The van der Waals surface area contributed by atoms with Crippen LogP contribution in [0.5, 0.6) is 0 Å². The van der Waals surface area contributed by atoms with E-state index in [2.05, 4.69) is 155 Å². The lowest BCUT2D eigenvalue weighted by atomic mass is 9.92. The molecule has 3 heterocycles. The molecule has 58 heavy (non-hydrogen) atoms. The average Bonchev–Trinajstić information content (AvgIpc) is 3.84. The van der Waals surface area contributed by atoms with Gasteiger partial charge in [0.2, 0.25) is 5.78 Å². The zero-order valence-electron chi connectivity index (χ0n) is 31.3. The third kappa shape index (κ3) is 5.83. The van der Waals surface area contributed by atoms with Crippen molar-refractivity contribution in [2.45, 2.75) is 0 Å². The number of benzene rings is 8. The van der Waals surface area contributed by atoms with E-state index in [1.54, 1.807) is 0 Å². The van der Waals surface area contributed by atoms with E-state index >= 15 is 0 Å². The van der Waals surface area contributed by atoms with Crippen LogP contribution in [-0.2, 0) is 0 Å². The standard InChI is InChI=1S/C52H34N6/c1-6-16-35(17-7-1)39-27-30-45-47(33-39)58-48-34-40(28-31-46(48)57(52(58)53-45)42-24-14-5-15-25-42)43-29-26-41(32-44(43)36-18-8-2-9-19-36)51-55-49(37-20-10-3-11-21-37)54-50(56-51)38-22-12-4-13-23-38/h1-34H. The molecule has 0 aliphatic carbocycles. The van der Waals surface area contributed by atoms with Gasteiger partial charge in [-0.15, -0.1) is 0 Å². The van der Waals surface area contributed by atoms with Gasteiger partial charge in [0.15, 0.2) is 17.5 Å². The fourth-order valence-corrected chi connectivity index (χ4v) is 7.99. The molecule has 0 amide bonds. The molecule has 0 unspecified atom stereocenters. The molecule has 0 fully saturated rings. The molecule has 0 aliphatic heterocycles. The van der Waals surface area contributed by atoms with Gasteiger partial charge in [0, 0.05) is 22.4 Å². The first-order chi connectivity index (χ1) is 28.7. The lowest BCUT2D eigenvalue weighted by Gasteiger charge is -2.14. The Hall–Kier alpha value is -7.96. The molecule has 0 bridgehead atoms. The molecule has 0 radical (unpaired) electrons. The van der Waals surface area contributed by atoms with Gasteiger partial charge < -0.3 is 0 Å². The lowest BCUT2D eigenvalue weighted by molar-refractivity contribution is 1.07. The lowest BCUT2D eigenvalue weighted by Crippen LogP contribution is -2.00. The summed E-state index contributed by atoms with van der Waals surface area (Å²) in [7, 11) is 0. The molecule has 6 heteroatoms.